The van der Waals surface area contributed by atoms with E-state index in [0.717, 1.165) is 55.9 Å². The van der Waals surface area contributed by atoms with E-state index in [1.807, 2.05) is 6.07 Å². The summed E-state index contributed by atoms with van der Waals surface area (Å²) in [4.78, 5) is 7.14. The van der Waals surface area contributed by atoms with Gasteiger partial charge in [-0.2, -0.15) is 0 Å². The van der Waals surface area contributed by atoms with Crippen LogP contribution in [0.25, 0.3) is 11.1 Å². The maximum Gasteiger partial charge on any atom is 0.198 e. The monoisotopic (exact) mass is 287 g/mol. The number of aromatic nitrogens is 1. The zero-order valence-corrected chi connectivity index (χ0v) is 13.0. The number of hydrogen-bond donors (Lipinski definition) is 1. The van der Waals surface area contributed by atoms with Gasteiger partial charge in [0.25, 0.3) is 0 Å². The molecule has 1 saturated heterocycles. The maximum atomic E-state index is 6.04. The van der Waals surface area contributed by atoms with E-state index < -0.39 is 0 Å². The van der Waals surface area contributed by atoms with Crippen LogP contribution in [-0.2, 0) is 0 Å². The number of fused-ring (bicyclic) bond motifs is 1. The van der Waals surface area contributed by atoms with Gasteiger partial charge in [-0.3, -0.25) is 0 Å². The van der Waals surface area contributed by atoms with Crippen molar-refractivity contribution in [3.8, 4) is 0 Å². The lowest BCUT2D eigenvalue weighted by molar-refractivity contribution is 0.190. The van der Waals surface area contributed by atoms with Crippen LogP contribution in [0.4, 0.5) is 0 Å². The van der Waals surface area contributed by atoms with Crippen LogP contribution in [0.5, 0.6) is 0 Å². The first kappa shape index (κ1) is 14.5. The molecule has 1 aliphatic heterocycles. The van der Waals surface area contributed by atoms with Gasteiger partial charge in [-0.05, 0) is 57.0 Å². The van der Waals surface area contributed by atoms with Gasteiger partial charge in [0, 0.05) is 18.5 Å². The number of likely N-dealkylation sites (tertiary alicyclic amines) is 1. The second-order valence-electron chi connectivity index (χ2n) is 6.27. The molecular formula is C17H25N3O. The molecule has 2 N–H and O–H groups in total. The van der Waals surface area contributed by atoms with Gasteiger partial charge in [0.15, 0.2) is 11.5 Å². The molecule has 0 spiro atoms. The van der Waals surface area contributed by atoms with Crippen molar-refractivity contribution in [3.05, 3.63) is 29.7 Å². The molecule has 0 amide bonds. The summed E-state index contributed by atoms with van der Waals surface area (Å²) in [6.45, 7) is 7.43. The molecule has 0 aliphatic carbocycles. The highest BCUT2D eigenvalue weighted by molar-refractivity contribution is 5.73. The van der Waals surface area contributed by atoms with Gasteiger partial charge in [-0.1, -0.05) is 13.0 Å². The highest BCUT2D eigenvalue weighted by Crippen LogP contribution is 2.30. The Hall–Kier alpha value is -1.39. The standard InChI is InChI=1S/C17H25N3O/c1-3-14(18)11-20-8-6-13(7-9-20)17-19-15-5-4-12(2)10-16(15)21-17/h4-5,10,13-14H,3,6-9,11,18H2,1-2H3. The Labute approximate surface area is 126 Å². The van der Waals surface area contributed by atoms with Gasteiger partial charge in [-0.15, -0.1) is 0 Å². The molecule has 114 valence electrons. The van der Waals surface area contributed by atoms with E-state index in [9.17, 15) is 0 Å². The molecule has 2 heterocycles. The normalized spacial score (nSPS) is 19.2. The van der Waals surface area contributed by atoms with Crippen LogP contribution in [0.2, 0.25) is 0 Å². The van der Waals surface area contributed by atoms with E-state index in [4.69, 9.17) is 10.2 Å². The molecule has 1 fully saturated rings. The van der Waals surface area contributed by atoms with Crippen molar-refractivity contribution < 1.29 is 4.42 Å². The molecule has 4 nitrogen and oxygen atoms in total. The number of piperidine rings is 1. The molecular weight excluding hydrogens is 262 g/mol. The smallest absolute Gasteiger partial charge is 0.198 e. The fourth-order valence-electron chi connectivity index (χ4n) is 3.05. The molecule has 0 radical (unpaired) electrons. The Morgan fingerprint density at radius 1 is 1.38 bits per heavy atom. The summed E-state index contributed by atoms with van der Waals surface area (Å²) in [7, 11) is 0. The van der Waals surface area contributed by atoms with Crippen molar-refractivity contribution in [1.29, 1.82) is 0 Å². The fraction of sp³-hybridized carbons (Fsp3) is 0.588. The van der Waals surface area contributed by atoms with Crippen LogP contribution >= 0.6 is 0 Å². The maximum absolute atomic E-state index is 6.04. The van der Waals surface area contributed by atoms with E-state index in [0.29, 0.717) is 12.0 Å². The summed E-state index contributed by atoms with van der Waals surface area (Å²) < 4.78 is 5.97. The number of nitrogens with zero attached hydrogens (tertiary/aromatic N) is 2. The van der Waals surface area contributed by atoms with Crippen LogP contribution in [-0.4, -0.2) is 35.6 Å². The third kappa shape index (κ3) is 3.27. The van der Waals surface area contributed by atoms with E-state index in [-0.39, 0.29) is 0 Å². The lowest BCUT2D eigenvalue weighted by atomic mass is 9.96. The summed E-state index contributed by atoms with van der Waals surface area (Å²) >= 11 is 0. The molecule has 1 unspecified atom stereocenters. The summed E-state index contributed by atoms with van der Waals surface area (Å²) in [6, 6.07) is 6.51. The van der Waals surface area contributed by atoms with Gasteiger partial charge in [0.1, 0.15) is 5.52 Å². The minimum absolute atomic E-state index is 0.300. The van der Waals surface area contributed by atoms with Gasteiger partial charge in [0.05, 0.1) is 0 Å². The van der Waals surface area contributed by atoms with E-state index in [1.54, 1.807) is 0 Å². The van der Waals surface area contributed by atoms with Crippen molar-refractivity contribution in [3.63, 3.8) is 0 Å². The van der Waals surface area contributed by atoms with Gasteiger partial charge < -0.3 is 15.1 Å². The summed E-state index contributed by atoms with van der Waals surface area (Å²) in [6.07, 6.45) is 3.27. The number of benzene rings is 1. The second kappa shape index (κ2) is 6.16. The second-order valence-corrected chi connectivity index (χ2v) is 6.27. The van der Waals surface area contributed by atoms with Crippen molar-refractivity contribution in [2.75, 3.05) is 19.6 Å². The van der Waals surface area contributed by atoms with Gasteiger partial charge in [0.2, 0.25) is 0 Å². The summed E-state index contributed by atoms with van der Waals surface area (Å²) in [5.74, 6) is 1.36. The number of nitrogens with two attached hydrogens (primary N) is 1. The third-order valence-corrected chi connectivity index (χ3v) is 4.51. The minimum atomic E-state index is 0.300. The number of hydrogen-bond acceptors (Lipinski definition) is 4. The van der Waals surface area contributed by atoms with Gasteiger partial charge in [-0.25, -0.2) is 4.98 Å². The topological polar surface area (TPSA) is 55.3 Å². The number of rotatable bonds is 4. The molecule has 1 atom stereocenters. The predicted octanol–water partition coefficient (Wildman–Crippen LogP) is 3.05. The molecule has 4 heteroatoms. The van der Waals surface area contributed by atoms with Crippen LogP contribution in [0.15, 0.2) is 22.6 Å². The van der Waals surface area contributed by atoms with Gasteiger partial charge >= 0.3 is 0 Å². The van der Waals surface area contributed by atoms with E-state index in [2.05, 4.69) is 35.9 Å². The highest BCUT2D eigenvalue weighted by atomic mass is 16.3. The van der Waals surface area contributed by atoms with E-state index >= 15 is 0 Å². The Morgan fingerprint density at radius 3 is 2.86 bits per heavy atom. The zero-order chi connectivity index (χ0) is 14.8. The molecule has 1 aromatic heterocycles. The largest absolute Gasteiger partial charge is 0.440 e. The van der Waals surface area contributed by atoms with Crippen LogP contribution in [0.1, 0.15) is 43.6 Å². The third-order valence-electron chi connectivity index (χ3n) is 4.51. The summed E-state index contributed by atoms with van der Waals surface area (Å²) in [5, 5.41) is 0. The minimum Gasteiger partial charge on any atom is -0.440 e. The first-order valence-electron chi connectivity index (χ1n) is 8.00. The molecule has 0 saturated carbocycles. The average Bonchev–Trinajstić information content (AvgIpc) is 2.90. The van der Waals surface area contributed by atoms with Crippen molar-refractivity contribution in [2.24, 2.45) is 5.73 Å². The highest BCUT2D eigenvalue weighted by Gasteiger charge is 2.25. The molecule has 1 aromatic carbocycles. The Bertz CT molecular complexity index is 599. The molecule has 0 bridgehead atoms. The Kier molecular flexibility index (Phi) is 4.27. The van der Waals surface area contributed by atoms with Crippen LogP contribution in [0.3, 0.4) is 0 Å². The van der Waals surface area contributed by atoms with Crippen molar-refractivity contribution in [2.45, 2.75) is 45.1 Å². The average molecular weight is 287 g/mol. The Morgan fingerprint density at radius 2 is 2.14 bits per heavy atom. The SMILES string of the molecule is CCC(N)CN1CCC(c2nc3ccc(C)cc3o2)CC1. The lowest BCUT2D eigenvalue weighted by Gasteiger charge is -2.32. The first-order valence-corrected chi connectivity index (χ1v) is 8.00. The fourth-order valence-corrected chi connectivity index (χ4v) is 3.05. The number of aryl methyl sites for hydroxylation is 1. The molecule has 3 rings (SSSR count). The van der Waals surface area contributed by atoms with Crippen molar-refractivity contribution >= 4 is 11.1 Å². The molecule has 21 heavy (non-hydrogen) atoms. The quantitative estimate of drug-likeness (QED) is 0.939. The number of oxazole rings is 1. The van der Waals surface area contributed by atoms with Crippen LogP contribution < -0.4 is 5.73 Å². The predicted molar refractivity (Wildman–Crippen MR) is 85.4 cm³/mol. The van der Waals surface area contributed by atoms with Crippen molar-refractivity contribution in [1.82, 2.24) is 9.88 Å². The van der Waals surface area contributed by atoms with E-state index in [1.165, 1.54) is 5.56 Å². The first-order chi connectivity index (χ1) is 10.2. The lowest BCUT2D eigenvalue weighted by Crippen LogP contribution is -2.41. The molecule has 2 aromatic rings. The van der Waals surface area contributed by atoms with Crippen LogP contribution in [0, 0.1) is 6.92 Å². The summed E-state index contributed by atoms with van der Waals surface area (Å²) in [5.41, 5.74) is 9.15. The zero-order valence-electron chi connectivity index (χ0n) is 13.0. The molecule has 1 aliphatic rings. The Balaban J connectivity index is 1.65.